The van der Waals surface area contributed by atoms with Crippen molar-refractivity contribution in [1.29, 1.82) is 0 Å². The van der Waals surface area contributed by atoms with E-state index in [0.717, 1.165) is 9.75 Å². The molecule has 1 heterocycles. The first-order valence-electron chi connectivity index (χ1n) is 8.52. The summed E-state index contributed by atoms with van der Waals surface area (Å²) in [5.41, 5.74) is -3.83. The summed E-state index contributed by atoms with van der Waals surface area (Å²) in [6.45, 7) is 0. The molecule has 0 aliphatic heterocycles. The molecule has 0 bridgehead atoms. The highest BCUT2D eigenvalue weighted by Crippen LogP contribution is 2.35. The van der Waals surface area contributed by atoms with Gasteiger partial charge in [-0.2, -0.15) is 0 Å². The van der Waals surface area contributed by atoms with Crippen molar-refractivity contribution < 1.29 is 0 Å². The van der Waals surface area contributed by atoms with Gasteiger partial charge >= 0.3 is 0 Å². The van der Waals surface area contributed by atoms with Gasteiger partial charge in [-0.15, -0.1) is 11.3 Å². The minimum absolute atomic E-state index is 0.104. The zero-order valence-corrected chi connectivity index (χ0v) is 15.3. The van der Waals surface area contributed by atoms with Gasteiger partial charge in [0, 0.05) is 31.3 Å². The average Bonchev–Trinajstić information content (AvgIpc) is 3.37. The van der Waals surface area contributed by atoms with Crippen LogP contribution in [0.15, 0.2) is 77.3 Å². The van der Waals surface area contributed by atoms with Crippen LogP contribution in [-0.4, -0.2) is 0 Å². The Morgan fingerprint density at radius 2 is 0.793 bits per heavy atom. The van der Waals surface area contributed by atoms with Gasteiger partial charge in [0.2, 0.25) is 21.7 Å². The number of rotatable bonds is 2. The third kappa shape index (κ3) is 2.34. The van der Waals surface area contributed by atoms with Crippen LogP contribution in [0.1, 0.15) is 0 Å². The van der Waals surface area contributed by atoms with E-state index in [1.54, 1.807) is 12.1 Å². The molecule has 0 amide bonds. The van der Waals surface area contributed by atoms with Crippen LogP contribution < -0.4 is 32.6 Å². The molecule has 0 saturated carbocycles. The van der Waals surface area contributed by atoms with Crippen LogP contribution in [0.2, 0.25) is 0 Å². The van der Waals surface area contributed by atoms with Crippen molar-refractivity contribution in [2.24, 2.45) is 0 Å². The number of thiophene rings is 1. The van der Waals surface area contributed by atoms with E-state index < -0.39 is 32.6 Å². The van der Waals surface area contributed by atoms with E-state index in [2.05, 4.69) is 0 Å². The predicted molar refractivity (Wildman–Crippen MR) is 113 cm³/mol. The molecule has 0 N–H and O–H groups in total. The lowest BCUT2D eigenvalue weighted by Gasteiger charge is -1.99. The summed E-state index contributed by atoms with van der Waals surface area (Å²) < 4.78 is 0. The molecule has 0 aliphatic rings. The molecule has 6 nitrogen and oxygen atoms in total. The molecule has 7 heteroatoms. The Morgan fingerprint density at radius 3 is 1.21 bits per heavy atom. The van der Waals surface area contributed by atoms with Crippen LogP contribution in [-0.2, 0) is 0 Å². The summed E-state index contributed by atoms with van der Waals surface area (Å²) in [5.74, 6) is 0. The molecule has 0 radical (unpaired) electrons. The van der Waals surface area contributed by atoms with Gasteiger partial charge in [-0.1, -0.05) is 12.1 Å². The molecule has 0 aliphatic carbocycles. The molecule has 0 spiro atoms. The van der Waals surface area contributed by atoms with Gasteiger partial charge in [0.05, 0.1) is 0 Å². The second kappa shape index (κ2) is 5.83. The fourth-order valence-corrected chi connectivity index (χ4v) is 4.51. The van der Waals surface area contributed by atoms with Gasteiger partial charge < -0.3 is 0 Å². The molecule has 1 aromatic heterocycles. The maximum absolute atomic E-state index is 12.0. The number of fused-ring (bicyclic) bond motifs is 2. The standard InChI is InChI=1S/C22H8O6S/c23-17-11-3-1-9(7-13(11)19(25)21(17)27)15-5-6-16(29-15)10-2-4-12-14(8-10)20(26)22(28)18(12)24/h1-8H. The van der Waals surface area contributed by atoms with Gasteiger partial charge in [0.15, 0.2) is 0 Å². The Kier molecular flexibility index (Phi) is 3.47. The summed E-state index contributed by atoms with van der Waals surface area (Å²) in [6.07, 6.45) is 0. The summed E-state index contributed by atoms with van der Waals surface area (Å²) >= 11 is 1.37. The second-order valence-electron chi connectivity index (χ2n) is 6.66. The summed E-state index contributed by atoms with van der Waals surface area (Å²) in [4.78, 5) is 72.2. The molecular weight excluding hydrogens is 392 g/mol. The lowest BCUT2D eigenvalue weighted by molar-refractivity contribution is 1.56. The van der Waals surface area contributed by atoms with Crippen molar-refractivity contribution in [3.05, 3.63) is 110 Å². The fraction of sp³-hybridized carbons (Fsp3) is 0. The lowest BCUT2D eigenvalue weighted by Crippen LogP contribution is -2.29. The molecule has 0 atom stereocenters. The Hall–Kier alpha value is -3.84. The Morgan fingerprint density at radius 1 is 0.414 bits per heavy atom. The van der Waals surface area contributed by atoms with Gasteiger partial charge in [0.25, 0.3) is 10.9 Å². The van der Waals surface area contributed by atoms with Crippen molar-refractivity contribution in [2.45, 2.75) is 0 Å². The number of hydrogen-bond donors (Lipinski definition) is 0. The topological polar surface area (TPSA) is 102 Å². The van der Waals surface area contributed by atoms with E-state index in [0.29, 0.717) is 11.1 Å². The van der Waals surface area contributed by atoms with E-state index >= 15 is 0 Å². The molecule has 5 rings (SSSR count). The second-order valence-corrected chi connectivity index (χ2v) is 7.74. The first kappa shape index (κ1) is 17.3. The average molecular weight is 400 g/mol. The zero-order valence-electron chi connectivity index (χ0n) is 14.5. The van der Waals surface area contributed by atoms with Gasteiger partial charge in [0.1, 0.15) is 0 Å². The first-order valence-corrected chi connectivity index (χ1v) is 9.34. The van der Waals surface area contributed by atoms with Crippen molar-refractivity contribution >= 4 is 32.9 Å². The highest BCUT2D eigenvalue weighted by Gasteiger charge is 2.16. The molecule has 0 saturated heterocycles. The summed E-state index contributed by atoms with van der Waals surface area (Å²) in [5, 5.41) is 0.444. The van der Waals surface area contributed by atoms with Crippen LogP contribution in [0.4, 0.5) is 0 Å². The van der Waals surface area contributed by atoms with Crippen LogP contribution in [0, 0.1) is 0 Å². The van der Waals surface area contributed by atoms with E-state index in [1.165, 1.54) is 35.6 Å². The predicted octanol–water partition coefficient (Wildman–Crippen LogP) is 1.30. The van der Waals surface area contributed by atoms with Crippen LogP contribution in [0.25, 0.3) is 42.4 Å². The molecule has 5 aromatic rings. The van der Waals surface area contributed by atoms with Gasteiger partial charge in [-0.05, 0) is 47.5 Å². The van der Waals surface area contributed by atoms with Crippen molar-refractivity contribution in [2.75, 3.05) is 0 Å². The SMILES string of the molecule is O=c1c(=O)c2ccc(-c3ccc(-c4ccc5c(=O)c(=O)c(=O)c5c4)s3)cc2c1=O. The first-order chi connectivity index (χ1) is 13.9. The third-order valence-electron chi connectivity index (χ3n) is 5.02. The summed E-state index contributed by atoms with van der Waals surface area (Å²) in [7, 11) is 0. The van der Waals surface area contributed by atoms with E-state index in [4.69, 9.17) is 0 Å². The molecule has 4 aromatic carbocycles. The molecular formula is C22H8O6S. The van der Waals surface area contributed by atoms with Crippen LogP contribution >= 0.6 is 11.3 Å². The third-order valence-corrected chi connectivity index (χ3v) is 6.20. The Balaban J connectivity index is 1.64. The summed E-state index contributed by atoms with van der Waals surface area (Å²) in [6, 6.07) is 13.0. The van der Waals surface area contributed by atoms with E-state index in [1.807, 2.05) is 12.1 Å². The molecule has 138 valence electrons. The number of benzene rings is 2. The van der Waals surface area contributed by atoms with E-state index in [9.17, 15) is 28.8 Å². The highest BCUT2D eigenvalue weighted by molar-refractivity contribution is 7.18. The number of hydrogen-bond acceptors (Lipinski definition) is 7. The monoisotopic (exact) mass is 400 g/mol. The van der Waals surface area contributed by atoms with Crippen LogP contribution in [0.3, 0.4) is 0 Å². The van der Waals surface area contributed by atoms with Crippen molar-refractivity contribution in [1.82, 2.24) is 0 Å². The van der Waals surface area contributed by atoms with Crippen molar-refractivity contribution in [3.63, 3.8) is 0 Å². The maximum Gasteiger partial charge on any atom is 0.273 e. The maximum atomic E-state index is 12.0. The zero-order chi connectivity index (χ0) is 20.4. The Bertz CT molecular complexity index is 1640. The largest absolute Gasteiger partial charge is 0.285 e. The van der Waals surface area contributed by atoms with Gasteiger partial charge in [-0.25, -0.2) is 0 Å². The highest BCUT2D eigenvalue weighted by atomic mass is 32.1. The fourth-order valence-electron chi connectivity index (χ4n) is 3.51. The minimum Gasteiger partial charge on any atom is -0.285 e. The van der Waals surface area contributed by atoms with Crippen molar-refractivity contribution in [3.8, 4) is 20.9 Å². The molecule has 0 fully saturated rings. The smallest absolute Gasteiger partial charge is 0.273 e. The normalized spacial score (nSPS) is 11.6. The molecule has 0 unspecified atom stereocenters. The quantitative estimate of drug-likeness (QED) is 0.414. The van der Waals surface area contributed by atoms with Crippen LogP contribution in [0.5, 0.6) is 0 Å². The van der Waals surface area contributed by atoms with E-state index in [-0.39, 0.29) is 21.5 Å². The van der Waals surface area contributed by atoms with Gasteiger partial charge in [-0.3, -0.25) is 28.8 Å². The molecule has 29 heavy (non-hydrogen) atoms. The lowest BCUT2D eigenvalue weighted by atomic mass is 10.1. The Labute approximate surface area is 163 Å². The minimum atomic E-state index is -1.02.